The van der Waals surface area contributed by atoms with E-state index in [1.807, 2.05) is 58.9 Å². The fourth-order valence-corrected chi connectivity index (χ4v) is 5.94. The number of unbranched alkanes of at least 4 members (excludes halogenated alkanes) is 1. The molecule has 3 rings (SSSR count). The highest BCUT2D eigenvalue weighted by Gasteiger charge is 2.27. The Labute approximate surface area is 282 Å². The van der Waals surface area contributed by atoms with Crippen LogP contribution in [0.2, 0.25) is 0 Å². The van der Waals surface area contributed by atoms with Gasteiger partial charge < -0.3 is 26.8 Å². The summed E-state index contributed by atoms with van der Waals surface area (Å²) >= 11 is 1.41. The van der Waals surface area contributed by atoms with E-state index in [1.165, 1.54) is 11.3 Å². The van der Waals surface area contributed by atoms with Gasteiger partial charge in [0, 0.05) is 24.6 Å². The van der Waals surface area contributed by atoms with Gasteiger partial charge in [0.25, 0.3) is 0 Å². The Bertz CT molecular complexity index is 1470. The Kier molecular flexibility index (Phi) is 13.7. The zero-order valence-electron chi connectivity index (χ0n) is 28.7. The molecule has 1 heterocycles. The maximum Gasteiger partial charge on any atom is 0.408 e. The summed E-state index contributed by atoms with van der Waals surface area (Å²) in [5, 5.41) is 18.4. The third-order valence-electron chi connectivity index (χ3n) is 7.77. The van der Waals surface area contributed by atoms with Crippen LogP contribution in [0.1, 0.15) is 96.2 Å². The number of anilines is 1. The van der Waals surface area contributed by atoms with Gasteiger partial charge in [-0.2, -0.15) is 0 Å². The average Bonchev–Trinajstić information content (AvgIpc) is 3.41. The first-order valence-corrected chi connectivity index (χ1v) is 17.1. The highest BCUT2D eigenvalue weighted by Crippen LogP contribution is 2.28. The summed E-state index contributed by atoms with van der Waals surface area (Å²) in [6, 6.07) is 7.53. The van der Waals surface area contributed by atoms with Gasteiger partial charge in [-0.05, 0) is 95.8 Å². The van der Waals surface area contributed by atoms with E-state index < -0.39 is 17.2 Å². The fourth-order valence-electron chi connectivity index (χ4n) is 5.14. The number of ether oxygens (including phenoxy) is 1. The lowest BCUT2D eigenvalue weighted by Crippen LogP contribution is -2.55. The summed E-state index contributed by atoms with van der Waals surface area (Å²) < 4.78 is 5.39. The van der Waals surface area contributed by atoms with Crippen LogP contribution in [0, 0.1) is 11.8 Å². The Morgan fingerprint density at radius 2 is 1.87 bits per heavy atom. The molecule has 11 nitrogen and oxygen atoms in total. The number of nitrogens with zero attached hydrogens (tertiary/aromatic N) is 2. The van der Waals surface area contributed by atoms with Gasteiger partial charge in [-0.1, -0.05) is 54.7 Å². The van der Waals surface area contributed by atoms with Gasteiger partial charge in [-0.25, -0.2) is 4.79 Å². The van der Waals surface area contributed by atoms with Gasteiger partial charge in [0.15, 0.2) is 0 Å². The standard InChI is InChI=1S/C35H51N7O4S/c1-23-12-7-8-14-25(23)22-30(44)39-32-42-41-31(47-32)17-10-9-16-27(36)18-19-28(37)38-29(43)21-24-13-11-15-26(20-24)35(5,6)40-33(45)46-34(2,3)4/h8,11,13-15,18-20,23,25H,7,9-10,12,16-17,21-22,36-37H2,1-6H3,(H,38,43)(H,40,45)(H,39,42,44)/p+1/b27-18-,28-19+. The zero-order valence-corrected chi connectivity index (χ0v) is 29.5. The first-order valence-electron chi connectivity index (χ1n) is 16.3. The number of hydrogen-bond donors (Lipinski definition) is 5. The van der Waals surface area contributed by atoms with E-state index >= 15 is 0 Å². The van der Waals surface area contributed by atoms with E-state index in [-0.39, 0.29) is 24.2 Å². The van der Waals surface area contributed by atoms with Crippen LogP contribution in [0.4, 0.5) is 9.93 Å². The van der Waals surface area contributed by atoms with Crippen molar-refractivity contribution in [3.63, 3.8) is 0 Å². The van der Waals surface area contributed by atoms with E-state index in [4.69, 9.17) is 10.5 Å². The molecule has 8 N–H and O–H groups in total. The molecular weight excluding hydrogens is 614 g/mol. The number of nitrogens with one attached hydrogen (secondary N) is 3. The largest absolute Gasteiger partial charge is 0.444 e. The molecule has 0 aliphatic heterocycles. The number of quaternary nitrogens is 1. The topological polar surface area (TPSA) is 176 Å². The third-order valence-corrected chi connectivity index (χ3v) is 8.67. The third kappa shape index (κ3) is 13.7. The molecule has 1 aromatic heterocycles. The van der Waals surface area contributed by atoms with Gasteiger partial charge in [0.2, 0.25) is 22.8 Å². The smallest absolute Gasteiger partial charge is 0.408 e. The number of amides is 3. The molecule has 1 aliphatic rings. The molecule has 256 valence electrons. The highest BCUT2D eigenvalue weighted by atomic mass is 32.1. The number of rotatable bonds is 14. The van der Waals surface area contributed by atoms with Gasteiger partial charge in [-0.3, -0.25) is 14.9 Å². The monoisotopic (exact) mass is 666 g/mol. The predicted molar refractivity (Wildman–Crippen MR) is 186 cm³/mol. The minimum Gasteiger partial charge on any atom is -0.444 e. The molecular formula is C35H52N7O4S+. The van der Waals surface area contributed by atoms with Crippen LogP contribution in [-0.2, 0) is 32.7 Å². The maximum absolute atomic E-state index is 12.7. The minimum atomic E-state index is -0.697. The molecule has 0 bridgehead atoms. The van der Waals surface area contributed by atoms with Crippen molar-refractivity contribution < 1.29 is 24.9 Å². The van der Waals surface area contributed by atoms with Crippen LogP contribution >= 0.6 is 11.3 Å². The number of carbonyl (C=O) groups excluding carboxylic acids is 3. The second-order valence-electron chi connectivity index (χ2n) is 13.7. The summed E-state index contributed by atoms with van der Waals surface area (Å²) in [5.74, 6) is 1.00. The lowest BCUT2D eigenvalue weighted by atomic mass is 9.83. The number of nitrogens with two attached hydrogens (primary N) is 1. The molecule has 12 heteroatoms. The quantitative estimate of drug-likeness (QED) is 0.104. The van der Waals surface area contributed by atoms with Gasteiger partial charge in [-0.15, -0.1) is 10.2 Å². The summed E-state index contributed by atoms with van der Waals surface area (Å²) in [6.45, 7) is 11.4. The second kappa shape index (κ2) is 17.2. The molecule has 2 atom stereocenters. The van der Waals surface area contributed by atoms with Crippen LogP contribution in [0.15, 0.2) is 60.1 Å². The molecule has 0 fully saturated rings. The van der Waals surface area contributed by atoms with Gasteiger partial charge >= 0.3 is 6.09 Å². The maximum atomic E-state index is 12.7. The predicted octanol–water partition coefficient (Wildman–Crippen LogP) is 5.23. The van der Waals surface area contributed by atoms with Crippen molar-refractivity contribution in [3.8, 4) is 0 Å². The van der Waals surface area contributed by atoms with E-state index in [0.29, 0.717) is 35.4 Å². The van der Waals surface area contributed by atoms with Crippen LogP contribution in [0.25, 0.3) is 0 Å². The minimum absolute atomic E-state index is 0.0222. The van der Waals surface area contributed by atoms with Crippen LogP contribution in [0.5, 0.6) is 0 Å². The molecule has 1 aliphatic carbocycles. The number of alkyl carbamates (subject to hydrolysis) is 1. The van der Waals surface area contributed by atoms with E-state index in [9.17, 15) is 14.4 Å². The van der Waals surface area contributed by atoms with Crippen molar-refractivity contribution in [3.05, 3.63) is 76.2 Å². The number of aryl methyl sites for hydroxylation is 1. The lowest BCUT2D eigenvalue weighted by molar-refractivity contribution is -0.310. The van der Waals surface area contributed by atoms with Crippen molar-refractivity contribution >= 4 is 34.4 Å². The number of hydrogen-bond acceptors (Lipinski definition) is 8. The fraction of sp³-hybridized carbons (Fsp3) is 0.514. The summed E-state index contributed by atoms with van der Waals surface area (Å²) in [6.07, 6.45) is 13.3. The molecule has 1 aromatic carbocycles. The Balaban J connectivity index is 1.39. The van der Waals surface area contributed by atoms with Crippen molar-refractivity contribution in [1.29, 1.82) is 0 Å². The van der Waals surface area contributed by atoms with Crippen LogP contribution < -0.4 is 27.4 Å². The Morgan fingerprint density at radius 1 is 1.11 bits per heavy atom. The highest BCUT2D eigenvalue weighted by molar-refractivity contribution is 7.15. The lowest BCUT2D eigenvalue weighted by Gasteiger charge is -2.29. The average molecular weight is 667 g/mol. The number of benzene rings is 1. The molecule has 0 spiro atoms. The molecule has 47 heavy (non-hydrogen) atoms. The molecule has 0 saturated heterocycles. The van der Waals surface area contributed by atoms with Crippen molar-refractivity contribution in [2.75, 3.05) is 5.32 Å². The second-order valence-corrected chi connectivity index (χ2v) is 14.8. The molecule has 0 saturated carbocycles. The van der Waals surface area contributed by atoms with Crippen LogP contribution in [-0.4, -0.2) is 33.7 Å². The van der Waals surface area contributed by atoms with Crippen molar-refractivity contribution in [1.82, 2.24) is 20.8 Å². The van der Waals surface area contributed by atoms with E-state index in [1.54, 1.807) is 12.2 Å². The molecule has 0 radical (unpaired) electrons. The zero-order chi connectivity index (χ0) is 34.6. The summed E-state index contributed by atoms with van der Waals surface area (Å²) in [4.78, 5) is 37.5. The van der Waals surface area contributed by atoms with Crippen molar-refractivity contribution in [2.24, 2.45) is 17.6 Å². The number of allylic oxidation sites excluding steroid dienone is 5. The number of carbonyl (C=O) groups is 3. The molecule has 2 unspecified atom stereocenters. The van der Waals surface area contributed by atoms with Gasteiger partial charge in [0.1, 0.15) is 10.6 Å². The molecule has 3 amide bonds. The van der Waals surface area contributed by atoms with Gasteiger partial charge in [0.05, 0.1) is 12.0 Å². The van der Waals surface area contributed by atoms with E-state index in [2.05, 4.69) is 51.0 Å². The van der Waals surface area contributed by atoms with E-state index in [0.717, 1.165) is 48.2 Å². The van der Waals surface area contributed by atoms with Crippen molar-refractivity contribution in [2.45, 2.75) is 104 Å². The summed E-state index contributed by atoms with van der Waals surface area (Å²) in [7, 11) is 0. The number of aromatic nitrogens is 2. The molecule has 2 aromatic rings. The van der Waals surface area contributed by atoms with Crippen LogP contribution in [0.3, 0.4) is 0 Å². The Morgan fingerprint density at radius 3 is 2.60 bits per heavy atom. The SMILES string of the molecule is CC1CCC=CC1CC(=O)Nc1nnc(CCCC/C(N)=C/C=C(\[NH3+])NC(=O)Cc2cccc(C(C)(C)NC(=O)OC(C)(C)C)c2)s1. The Hall–Kier alpha value is -4.03. The first-order chi connectivity index (χ1) is 22.1. The first kappa shape index (κ1) is 37.4. The normalized spacial score (nSPS) is 17.3. The summed E-state index contributed by atoms with van der Waals surface area (Å²) in [5.41, 5.74) is 11.2.